The number of methoxy groups -OCH3 is 1. The van der Waals surface area contributed by atoms with Crippen molar-refractivity contribution in [2.24, 2.45) is 13.0 Å². The second-order valence-corrected chi connectivity index (χ2v) is 14.4. The van der Waals surface area contributed by atoms with E-state index in [-0.39, 0.29) is 48.1 Å². The molecule has 0 saturated carbocycles. The minimum atomic E-state index is -4.63. The number of aryl methyl sites for hydroxylation is 1. The third-order valence-corrected chi connectivity index (χ3v) is 10.9. The number of hydrogen-bond acceptors (Lipinski definition) is 9. The second-order valence-electron chi connectivity index (χ2n) is 14.4. The molecule has 3 amide bonds. The molecule has 3 saturated heterocycles. The maximum atomic E-state index is 15.7. The fourth-order valence-electron chi connectivity index (χ4n) is 7.78. The van der Waals surface area contributed by atoms with E-state index < -0.39 is 35.4 Å². The Morgan fingerprint density at radius 2 is 1.76 bits per heavy atom. The number of aromatic nitrogens is 3. The van der Waals surface area contributed by atoms with Crippen LogP contribution >= 0.6 is 0 Å². The van der Waals surface area contributed by atoms with Gasteiger partial charge in [0.1, 0.15) is 23.1 Å². The number of amides is 3. The summed E-state index contributed by atoms with van der Waals surface area (Å²) in [7, 11) is 3.10. The smallest absolute Gasteiger partial charge is 0.418 e. The van der Waals surface area contributed by atoms with E-state index in [4.69, 9.17) is 4.74 Å². The lowest BCUT2D eigenvalue weighted by Gasteiger charge is -2.38. The number of piperazine rings is 1. The van der Waals surface area contributed by atoms with E-state index in [2.05, 4.69) is 25.7 Å². The van der Waals surface area contributed by atoms with Crippen LogP contribution in [0.5, 0.6) is 5.75 Å². The topological polar surface area (TPSA) is 145 Å². The van der Waals surface area contributed by atoms with Crippen LogP contribution in [0.15, 0.2) is 47.5 Å². The number of hydrogen-bond donors (Lipinski definition) is 3. The summed E-state index contributed by atoms with van der Waals surface area (Å²) in [6, 6.07) is 6.29. The van der Waals surface area contributed by atoms with Gasteiger partial charge in [-0.1, -0.05) is 0 Å². The first-order valence-electron chi connectivity index (χ1n) is 18.2. The molecule has 17 heteroatoms. The molecule has 2 aromatic carbocycles. The van der Waals surface area contributed by atoms with E-state index in [1.807, 2.05) is 0 Å². The summed E-state index contributed by atoms with van der Waals surface area (Å²) in [4.78, 5) is 55.0. The van der Waals surface area contributed by atoms with Crippen LogP contribution in [0, 0.1) is 11.7 Å². The van der Waals surface area contributed by atoms with Gasteiger partial charge in [-0.15, -0.1) is 0 Å². The van der Waals surface area contributed by atoms with Gasteiger partial charge in [0, 0.05) is 99.8 Å². The van der Waals surface area contributed by atoms with Crippen LogP contribution in [0.3, 0.4) is 0 Å². The molecule has 0 aliphatic carbocycles. The SMILES string of the molecule is COc1cc(-c2cn(C)c(=O)c3[nH]ncc23)cc(F)c1CN1CCN(C(=O)CC2CCN(c3ccc(NC4CCC(=O)NC4=O)cc3C(F)(F)F)CC2)CC1. The first-order chi connectivity index (χ1) is 26.3. The summed E-state index contributed by atoms with van der Waals surface area (Å²) < 4.78 is 65.4. The summed E-state index contributed by atoms with van der Waals surface area (Å²) in [5, 5.41) is 12.3. The van der Waals surface area contributed by atoms with Crippen molar-refractivity contribution in [2.45, 2.75) is 50.9 Å². The van der Waals surface area contributed by atoms with Gasteiger partial charge in [-0.05, 0) is 61.1 Å². The normalized spacial score (nSPS) is 18.8. The van der Waals surface area contributed by atoms with E-state index in [0.717, 1.165) is 6.07 Å². The zero-order valence-corrected chi connectivity index (χ0v) is 30.5. The predicted octanol–water partition coefficient (Wildman–Crippen LogP) is 4.26. The Hall–Kier alpha value is -5.45. The molecule has 0 bridgehead atoms. The Morgan fingerprint density at radius 1 is 1.02 bits per heavy atom. The van der Waals surface area contributed by atoms with Crippen LogP contribution < -0.4 is 25.8 Å². The van der Waals surface area contributed by atoms with E-state index in [1.54, 1.807) is 29.1 Å². The molecular weight excluding hydrogens is 724 g/mol. The lowest BCUT2D eigenvalue weighted by Crippen LogP contribution is -2.49. The molecule has 0 spiro atoms. The lowest BCUT2D eigenvalue weighted by molar-refractivity contribution is -0.137. The molecule has 13 nitrogen and oxygen atoms in total. The van der Waals surface area contributed by atoms with Gasteiger partial charge >= 0.3 is 6.18 Å². The molecular formula is C38H42F4N8O5. The quantitative estimate of drug-likeness (QED) is 0.168. The molecule has 3 fully saturated rings. The van der Waals surface area contributed by atoms with Crippen LogP contribution in [-0.4, -0.2) is 94.7 Å². The average molecular weight is 767 g/mol. The number of aromatic amines is 1. The standard InChI is InChI=1S/C38H42F4N8O5/c1-47-20-26(25-19-43-46-35(25)37(47)54)23-16-29(39)27(32(17-23)55-2)21-48-11-13-50(14-12-48)34(52)15-22-7-9-49(10-8-22)31-5-3-24(18-28(31)38(40,41)42)44-30-4-6-33(51)45-36(30)53/h3,5,16-20,22,30,44H,4,6-15,21H2,1-2H3,(H,43,46)(H,45,51,53). The summed E-state index contributed by atoms with van der Waals surface area (Å²) in [5.74, 6) is -1.04. The maximum absolute atomic E-state index is 15.7. The number of fused-ring (bicyclic) bond motifs is 1. The Balaban J connectivity index is 0.924. The number of carbonyl (C=O) groups is 3. The molecule has 3 N–H and O–H groups in total. The van der Waals surface area contributed by atoms with E-state index in [0.29, 0.717) is 91.9 Å². The number of piperidine rings is 2. The maximum Gasteiger partial charge on any atom is 0.418 e. The second kappa shape index (κ2) is 15.4. The Bertz CT molecular complexity index is 2170. The van der Waals surface area contributed by atoms with Gasteiger partial charge in [-0.2, -0.15) is 18.3 Å². The number of anilines is 2. The number of nitrogens with zero attached hydrogens (tertiary/aromatic N) is 5. The number of H-pyrrole nitrogens is 1. The zero-order chi connectivity index (χ0) is 39.0. The number of rotatable bonds is 9. The minimum absolute atomic E-state index is 0.00565. The third-order valence-electron chi connectivity index (χ3n) is 10.9. The van der Waals surface area contributed by atoms with Crippen molar-refractivity contribution in [3.63, 3.8) is 0 Å². The molecule has 3 aliphatic rings. The summed E-state index contributed by atoms with van der Waals surface area (Å²) in [6.45, 7) is 2.97. The highest BCUT2D eigenvalue weighted by molar-refractivity contribution is 6.01. The van der Waals surface area contributed by atoms with Crippen molar-refractivity contribution >= 4 is 40.0 Å². The van der Waals surface area contributed by atoms with E-state index >= 15 is 4.39 Å². The Morgan fingerprint density at radius 3 is 2.45 bits per heavy atom. The molecule has 3 aliphatic heterocycles. The number of pyridine rings is 1. The predicted molar refractivity (Wildman–Crippen MR) is 196 cm³/mol. The average Bonchev–Trinajstić information content (AvgIpc) is 3.66. The van der Waals surface area contributed by atoms with Crippen molar-refractivity contribution in [2.75, 3.05) is 56.6 Å². The van der Waals surface area contributed by atoms with Crippen molar-refractivity contribution < 1.29 is 36.7 Å². The number of carbonyl (C=O) groups excluding carboxylic acids is 3. The van der Waals surface area contributed by atoms with Crippen LogP contribution in [0.1, 0.15) is 43.2 Å². The fourth-order valence-corrected chi connectivity index (χ4v) is 7.78. The van der Waals surface area contributed by atoms with Gasteiger partial charge in [-0.3, -0.25) is 34.5 Å². The molecule has 2 aromatic heterocycles. The Kier molecular flexibility index (Phi) is 10.6. The van der Waals surface area contributed by atoms with Crippen LogP contribution in [-0.2, 0) is 34.2 Å². The molecule has 5 heterocycles. The summed E-state index contributed by atoms with van der Waals surface area (Å²) >= 11 is 0. The number of nitrogens with one attached hydrogen (secondary N) is 3. The summed E-state index contributed by atoms with van der Waals surface area (Å²) in [5.41, 5.74) is 1.02. The van der Waals surface area contributed by atoms with Crippen LogP contribution in [0.4, 0.5) is 28.9 Å². The highest BCUT2D eigenvalue weighted by Crippen LogP contribution is 2.40. The van der Waals surface area contributed by atoms with Crippen molar-refractivity contribution in [1.29, 1.82) is 0 Å². The van der Waals surface area contributed by atoms with Crippen molar-refractivity contribution in [3.8, 4) is 16.9 Å². The number of benzene rings is 2. The number of halogens is 4. The molecule has 292 valence electrons. The number of imide groups is 1. The first-order valence-corrected chi connectivity index (χ1v) is 18.2. The highest BCUT2D eigenvalue weighted by atomic mass is 19.4. The highest BCUT2D eigenvalue weighted by Gasteiger charge is 2.37. The van der Waals surface area contributed by atoms with Gasteiger partial charge in [0.15, 0.2) is 0 Å². The monoisotopic (exact) mass is 766 g/mol. The van der Waals surface area contributed by atoms with Gasteiger partial charge in [-0.25, -0.2) is 4.39 Å². The van der Waals surface area contributed by atoms with E-state index in [1.165, 1.54) is 36.1 Å². The summed E-state index contributed by atoms with van der Waals surface area (Å²) in [6.07, 6.45) is 0.250. The fraction of sp³-hybridized carbons (Fsp3) is 0.447. The van der Waals surface area contributed by atoms with Gasteiger partial charge in [0.2, 0.25) is 17.7 Å². The van der Waals surface area contributed by atoms with Crippen LogP contribution in [0.25, 0.3) is 22.0 Å². The zero-order valence-electron chi connectivity index (χ0n) is 30.5. The molecule has 55 heavy (non-hydrogen) atoms. The first kappa shape index (κ1) is 37.8. The third kappa shape index (κ3) is 8.02. The Labute approximate surface area is 313 Å². The number of ether oxygens (including phenoxy) is 1. The minimum Gasteiger partial charge on any atom is -0.496 e. The molecule has 1 unspecified atom stereocenters. The van der Waals surface area contributed by atoms with Gasteiger partial charge in [0.25, 0.3) is 5.56 Å². The van der Waals surface area contributed by atoms with Gasteiger partial charge < -0.3 is 24.4 Å². The molecule has 4 aromatic rings. The molecule has 1 atom stereocenters. The van der Waals surface area contributed by atoms with Crippen LogP contribution in [0.2, 0.25) is 0 Å². The van der Waals surface area contributed by atoms with E-state index in [9.17, 15) is 32.3 Å². The number of alkyl halides is 3. The van der Waals surface area contributed by atoms with Crippen molar-refractivity contribution in [1.82, 2.24) is 29.9 Å². The van der Waals surface area contributed by atoms with Crippen molar-refractivity contribution in [3.05, 3.63) is 70.0 Å². The lowest BCUT2D eigenvalue weighted by atomic mass is 9.92. The largest absolute Gasteiger partial charge is 0.496 e. The molecule has 0 radical (unpaired) electrons. The van der Waals surface area contributed by atoms with Gasteiger partial charge in [0.05, 0.1) is 18.9 Å². The molecule has 7 rings (SSSR count).